The highest BCUT2D eigenvalue weighted by molar-refractivity contribution is 5.95. The number of benzene rings is 2. The summed E-state index contributed by atoms with van der Waals surface area (Å²) < 4.78 is 0. The quantitative estimate of drug-likeness (QED) is 0.577. The van der Waals surface area contributed by atoms with Gasteiger partial charge in [0.25, 0.3) is 0 Å². The third-order valence-electron chi connectivity index (χ3n) is 2.81. The van der Waals surface area contributed by atoms with E-state index in [1.54, 1.807) is 0 Å². The molecule has 0 aromatic heterocycles. The average molecular weight is 178 g/mol. The molecule has 0 bridgehead atoms. The Hall–Kier alpha value is -1.56. The van der Waals surface area contributed by atoms with E-state index >= 15 is 0 Å². The zero-order valence-electron chi connectivity index (χ0n) is 7.77. The van der Waals surface area contributed by atoms with Crippen LogP contribution in [-0.2, 0) is 0 Å². The first-order valence-corrected chi connectivity index (χ1v) is 4.82. The predicted molar refractivity (Wildman–Crippen MR) is 60.0 cm³/mol. The van der Waals surface area contributed by atoms with Gasteiger partial charge in [0.15, 0.2) is 0 Å². The molecule has 0 amide bonds. The summed E-state index contributed by atoms with van der Waals surface area (Å²) in [6.07, 6.45) is 4.16. The molecule has 1 aliphatic rings. The van der Waals surface area contributed by atoms with E-state index in [1.807, 2.05) is 0 Å². The minimum atomic E-state index is 0.0496. The van der Waals surface area contributed by atoms with Crippen molar-refractivity contribution in [3.8, 4) is 0 Å². The molecule has 0 fully saturated rings. The molecule has 14 heavy (non-hydrogen) atoms. The molecular formula is C14H10. The van der Waals surface area contributed by atoms with Crippen molar-refractivity contribution in [2.75, 3.05) is 0 Å². The van der Waals surface area contributed by atoms with E-state index < -0.39 is 0 Å². The van der Waals surface area contributed by atoms with Crippen LogP contribution in [0.1, 0.15) is 17.0 Å². The fourth-order valence-electron chi connectivity index (χ4n) is 2.13. The maximum atomic E-state index is 6.02. The second-order valence-corrected chi connectivity index (χ2v) is 3.68. The fourth-order valence-corrected chi connectivity index (χ4v) is 2.13. The van der Waals surface area contributed by atoms with Gasteiger partial charge in [-0.1, -0.05) is 48.6 Å². The van der Waals surface area contributed by atoms with Crippen LogP contribution in [0.15, 0.2) is 42.5 Å². The largest absolute Gasteiger partial charge is 0.0761 e. The molecule has 1 unspecified atom stereocenters. The second-order valence-electron chi connectivity index (χ2n) is 3.68. The molecule has 0 heteroatoms. The van der Waals surface area contributed by atoms with Crippen molar-refractivity contribution in [1.29, 1.82) is 0 Å². The van der Waals surface area contributed by atoms with Crippen molar-refractivity contribution in [2.24, 2.45) is 0 Å². The standard InChI is InChI=1S/C14H10/c1-10-8-9-12-5-2-4-11-6-3-7-13(10)14(11)12/h1-10H. The van der Waals surface area contributed by atoms with Crippen molar-refractivity contribution in [3.63, 3.8) is 0 Å². The van der Waals surface area contributed by atoms with Gasteiger partial charge in [0.2, 0.25) is 0 Å². The lowest BCUT2D eigenvalue weighted by atomic mass is 9.87. The summed E-state index contributed by atoms with van der Waals surface area (Å²) >= 11 is 0. The van der Waals surface area contributed by atoms with Gasteiger partial charge in [-0.2, -0.15) is 0 Å². The fraction of sp³-hybridized carbons (Fsp3) is 0.0714. The average Bonchev–Trinajstić information content (AvgIpc) is 2.24. The number of allylic oxidation sites excluding steroid dienone is 1. The first-order chi connectivity index (χ1) is 6.86. The van der Waals surface area contributed by atoms with Crippen LogP contribution in [0.4, 0.5) is 0 Å². The van der Waals surface area contributed by atoms with Gasteiger partial charge in [-0.05, 0) is 28.8 Å². The Morgan fingerprint density at radius 1 is 1.00 bits per heavy atom. The Morgan fingerprint density at radius 3 is 2.64 bits per heavy atom. The number of rotatable bonds is 0. The zero-order valence-corrected chi connectivity index (χ0v) is 7.77. The molecule has 1 aliphatic carbocycles. The van der Waals surface area contributed by atoms with E-state index in [2.05, 4.69) is 48.6 Å². The van der Waals surface area contributed by atoms with Gasteiger partial charge in [0.05, 0.1) is 0 Å². The summed E-state index contributed by atoms with van der Waals surface area (Å²) in [6, 6.07) is 12.7. The zero-order chi connectivity index (χ0) is 9.54. The highest BCUT2D eigenvalue weighted by atomic mass is 14.2. The Kier molecular flexibility index (Phi) is 1.51. The molecule has 0 saturated carbocycles. The maximum Gasteiger partial charge on any atom is 0.00621 e. The smallest absolute Gasteiger partial charge is 0.00621 e. The van der Waals surface area contributed by atoms with Crippen molar-refractivity contribution in [2.45, 2.75) is 5.92 Å². The molecule has 1 atom stereocenters. The third-order valence-corrected chi connectivity index (χ3v) is 2.81. The van der Waals surface area contributed by atoms with Crippen molar-refractivity contribution in [3.05, 3.63) is 60.5 Å². The van der Waals surface area contributed by atoms with Gasteiger partial charge in [-0.25, -0.2) is 0 Å². The molecule has 0 saturated heterocycles. The minimum Gasteiger partial charge on any atom is -0.0761 e. The van der Waals surface area contributed by atoms with Gasteiger partial charge in [-0.15, -0.1) is 0 Å². The van der Waals surface area contributed by atoms with E-state index in [1.165, 1.54) is 21.9 Å². The summed E-state index contributed by atoms with van der Waals surface area (Å²) in [4.78, 5) is 0. The number of hydrogen-bond donors (Lipinski definition) is 0. The maximum absolute atomic E-state index is 6.02. The van der Waals surface area contributed by atoms with Gasteiger partial charge >= 0.3 is 0 Å². The van der Waals surface area contributed by atoms with Crippen LogP contribution in [0.2, 0.25) is 0 Å². The molecule has 0 nitrogen and oxygen atoms in total. The molecule has 0 N–H and O–H groups in total. The molecule has 2 radical (unpaired) electrons. The molecule has 0 heterocycles. The highest BCUT2D eigenvalue weighted by Crippen LogP contribution is 2.33. The van der Waals surface area contributed by atoms with Crippen LogP contribution in [0.3, 0.4) is 0 Å². The van der Waals surface area contributed by atoms with E-state index in [-0.39, 0.29) is 5.92 Å². The second kappa shape index (κ2) is 2.71. The summed E-state index contributed by atoms with van der Waals surface area (Å²) in [6.45, 7) is 6.02. The SMILES string of the molecule is [CH]C1C=Cc2cccc3cccc1c23. The van der Waals surface area contributed by atoms with Crippen LogP contribution in [0.5, 0.6) is 0 Å². The molecule has 66 valence electrons. The monoisotopic (exact) mass is 178 g/mol. The molecule has 2 aromatic rings. The molecule has 0 spiro atoms. The lowest BCUT2D eigenvalue weighted by Crippen LogP contribution is -1.97. The summed E-state index contributed by atoms with van der Waals surface area (Å²) in [5.74, 6) is 0.0496. The van der Waals surface area contributed by atoms with E-state index in [0.717, 1.165) is 0 Å². The van der Waals surface area contributed by atoms with Crippen molar-refractivity contribution < 1.29 is 0 Å². The van der Waals surface area contributed by atoms with E-state index in [9.17, 15) is 0 Å². The van der Waals surface area contributed by atoms with Gasteiger partial charge in [-0.3, -0.25) is 0 Å². The highest BCUT2D eigenvalue weighted by Gasteiger charge is 2.12. The van der Waals surface area contributed by atoms with Crippen LogP contribution in [-0.4, -0.2) is 0 Å². The van der Waals surface area contributed by atoms with Crippen LogP contribution < -0.4 is 0 Å². The normalized spacial score (nSPS) is 18.8. The van der Waals surface area contributed by atoms with Crippen molar-refractivity contribution >= 4 is 16.8 Å². The van der Waals surface area contributed by atoms with Gasteiger partial charge in [0, 0.05) is 5.92 Å². The number of hydrogen-bond acceptors (Lipinski definition) is 0. The third kappa shape index (κ3) is 0.941. The molecule has 2 aromatic carbocycles. The Morgan fingerprint density at radius 2 is 1.79 bits per heavy atom. The Balaban J connectivity index is 2.52. The summed E-state index contributed by atoms with van der Waals surface area (Å²) in [5, 5.41) is 2.59. The summed E-state index contributed by atoms with van der Waals surface area (Å²) in [7, 11) is 0. The topological polar surface area (TPSA) is 0 Å². The lowest BCUT2D eigenvalue weighted by Gasteiger charge is -2.17. The van der Waals surface area contributed by atoms with Gasteiger partial charge < -0.3 is 0 Å². The summed E-state index contributed by atoms with van der Waals surface area (Å²) in [5.41, 5.74) is 2.51. The molecular weight excluding hydrogens is 168 g/mol. The first kappa shape index (κ1) is 7.81. The first-order valence-electron chi connectivity index (χ1n) is 4.82. The van der Waals surface area contributed by atoms with Crippen LogP contribution >= 0.6 is 0 Å². The van der Waals surface area contributed by atoms with Crippen LogP contribution in [0, 0.1) is 6.92 Å². The van der Waals surface area contributed by atoms with Gasteiger partial charge in [0.1, 0.15) is 0 Å². The van der Waals surface area contributed by atoms with E-state index in [0.29, 0.717) is 0 Å². The molecule has 0 aliphatic heterocycles. The Bertz CT molecular complexity index is 515. The Labute approximate surface area is 83.9 Å². The lowest BCUT2D eigenvalue weighted by molar-refractivity contribution is 1.10. The predicted octanol–water partition coefficient (Wildman–Crippen LogP) is 3.66. The van der Waals surface area contributed by atoms with E-state index in [4.69, 9.17) is 6.92 Å². The van der Waals surface area contributed by atoms with Crippen LogP contribution in [0.25, 0.3) is 16.8 Å². The van der Waals surface area contributed by atoms with Crippen molar-refractivity contribution in [1.82, 2.24) is 0 Å². The molecule has 3 rings (SSSR count). The minimum absolute atomic E-state index is 0.0496.